The average Bonchev–Trinajstić information content (AvgIpc) is 2.87. The minimum absolute atomic E-state index is 0.0738. The van der Waals surface area contributed by atoms with Crippen LogP contribution < -0.4 is 9.47 Å². The molecule has 5 heteroatoms. The molecule has 27 heavy (non-hydrogen) atoms. The molecule has 3 rings (SSSR count). The summed E-state index contributed by atoms with van der Waals surface area (Å²) in [5.74, 6) is 0.414. The van der Waals surface area contributed by atoms with Crippen molar-refractivity contribution in [1.29, 1.82) is 0 Å². The monoisotopic (exact) mass is 372 g/mol. The number of benzene rings is 2. The molecule has 0 saturated carbocycles. The molecule has 2 aromatic rings. The number of rotatable bonds is 7. The molecule has 0 fully saturated rings. The number of hydrogen-bond donors (Lipinski definition) is 1. The van der Waals surface area contributed by atoms with E-state index in [0.717, 1.165) is 16.9 Å². The summed E-state index contributed by atoms with van der Waals surface area (Å²) in [5.41, 5.74) is 2.31. The molecule has 1 aliphatic heterocycles. The lowest BCUT2D eigenvalue weighted by molar-refractivity contribution is -0.137. The molecule has 0 aromatic heterocycles. The maximum atomic E-state index is 13.9. The summed E-state index contributed by atoms with van der Waals surface area (Å²) in [6, 6.07) is 10.6. The first-order valence-electron chi connectivity index (χ1n) is 9.16. The van der Waals surface area contributed by atoms with E-state index in [-0.39, 0.29) is 30.4 Å². The van der Waals surface area contributed by atoms with Crippen LogP contribution in [-0.2, 0) is 24.2 Å². The van der Waals surface area contributed by atoms with Crippen LogP contribution in [0.25, 0.3) is 0 Å². The second kappa shape index (κ2) is 7.59. The van der Waals surface area contributed by atoms with E-state index >= 15 is 0 Å². The zero-order valence-electron chi connectivity index (χ0n) is 15.9. The quantitative estimate of drug-likeness (QED) is 0.760. The van der Waals surface area contributed by atoms with Gasteiger partial charge >= 0.3 is 5.97 Å². The van der Waals surface area contributed by atoms with E-state index in [9.17, 15) is 9.18 Å². The van der Waals surface area contributed by atoms with E-state index in [4.69, 9.17) is 14.6 Å². The molecule has 0 amide bonds. The number of aliphatic carboxylic acids is 1. The van der Waals surface area contributed by atoms with Crippen molar-refractivity contribution in [3.05, 3.63) is 58.9 Å². The lowest BCUT2D eigenvalue weighted by atomic mass is 9.98. The Hall–Kier alpha value is -2.56. The Bertz CT molecular complexity index is 827. The maximum absolute atomic E-state index is 13.9. The van der Waals surface area contributed by atoms with Crippen LogP contribution in [-0.4, -0.2) is 16.7 Å². The van der Waals surface area contributed by atoms with Gasteiger partial charge in [-0.25, -0.2) is 4.39 Å². The number of hydrogen-bond acceptors (Lipinski definition) is 3. The molecule has 2 aromatic carbocycles. The minimum Gasteiger partial charge on any atom is -0.489 e. The highest BCUT2D eigenvalue weighted by Gasteiger charge is 2.32. The van der Waals surface area contributed by atoms with Crippen molar-refractivity contribution in [2.24, 2.45) is 5.92 Å². The fourth-order valence-electron chi connectivity index (χ4n) is 3.51. The first-order valence-corrected chi connectivity index (χ1v) is 9.16. The van der Waals surface area contributed by atoms with Crippen molar-refractivity contribution >= 4 is 5.97 Å². The van der Waals surface area contributed by atoms with Crippen LogP contribution in [0.5, 0.6) is 11.5 Å². The number of fused-ring (bicyclic) bond motifs is 1. The van der Waals surface area contributed by atoms with Gasteiger partial charge in [0, 0.05) is 24.0 Å². The SMILES string of the molecule is CC(CC(=O)O)Cc1ccc(OCc2cc(F)cc3c2OC(C)(C)C3)cc1. The van der Waals surface area contributed by atoms with Crippen LogP contribution in [0.15, 0.2) is 36.4 Å². The highest BCUT2D eigenvalue weighted by molar-refractivity contribution is 5.67. The van der Waals surface area contributed by atoms with Crippen LogP contribution in [0.4, 0.5) is 4.39 Å². The van der Waals surface area contributed by atoms with Crippen LogP contribution in [0.1, 0.15) is 43.9 Å². The van der Waals surface area contributed by atoms with E-state index in [1.165, 1.54) is 12.1 Å². The van der Waals surface area contributed by atoms with E-state index in [1.807, 2.05) is 45.0 Å². The van der Waals surface area contributed by atoms with Crippen LogP contribution in [0.2, 0.25) is 0 Å². The Balaban J connectivity index is 1.64. The smallest absolute Gasteiger partial charge is 0.303 e. The summed E-state index contributed by atoms with van der Waals surface area (Å²) in [4.78, 5) is 10.8. The highest BCUT2D eigenvalue weighted by atomic mass is 19.1. The molecule has 0 aliphatic carbocycles. The fraction of sp³-hybridized carbons (Fsp3) is 0.409. The number of carboxylic acids is 1. The Morgan fingerprint density at radius 1 is 1.30 bits per heavy atom. The molecule has 1 N–H and O–H groups in total. The summed E-state index contributed by atoms with van der Waals surface area (Å²) in [5, 5.41) is 8.85. The van der Waals surface area contributed by atoms with Crippen molar-refractivity contribution in [2.45, 2.75) is 52.2 Å². The standard InChI is InChI=1S/C22H25FO4/c1-14(9-20(24)25)8-15-4-6-19(7-5-15)26-13-17-11-18(23)10-16-12-22(2,3)27-21(16)17/h4-7,10-11,14H,8-9,12-13H2,1-3H3,(H,24,25). The van der Waals surface area contributed by atoms with Gasteiger partial charge in [-0.3, -0.25) is 4.79 Å². The van der Waals surface area contributed by atoms with Gasteiger partial charge in [-0.15, -0.1) is 0 Å². The topological polar surface area (TPSA) is 55.8 Å². The third-order valence-electron chi connectivity index (χ3n) is 4.63. The van der Waals surface area contributed by atoms with Crippen LogP contribution >= 0.6 is 0 Å². The summed E-state index contributed by atoms with van der Waals surface area (Å²) in [6.07, 6.45) is 1.53. The zero-order chi connectivity index (χ0) is 19.6. The number of carbonyl (C=O) groups is 1. The second-order valence-corrected chi connectivity index (χ2v) is 7.93. The summed E-state index contributed by atoms with van der Waals surface area (Å²) in [6.45, 7) is 6.12. The van der Waals surface area contributed by atoms with Gasteiger partial charge in [-0.2, -0.15) is 0 Å². The van der Waals surface area contributed by atoms with Gasteiger partial charge in [0.15, 0.2) is 0 Å². The van der Waals surface area contributed by atoms with Gasteiger partial charge in [0.1, 0.15) is 29.5 Å². The molecule has 1 unspecified atom stereocenters. The molecule has 0 saturated heterocycles. The first kappa shape index (κ1) is 19.2. The second-order valence-electron chi connectivity index (χ2n) is 7.93. The maximum Gasteiger partial charge on any atom is 0.303 e. The first-order chi connectivity index (χ1) is 12.7. The summed E-state index contributed by atoms with van der Waals surface area (Å²) < 4.78 is 25.7. The lowest BCUT2D eigenvalue weighted by Crippen LogP contribution is -2.25. The van der Waals surface area contributed by atoms with Gasteiger partial charge in [-0.05, 0) is 56.0 Å². The average molecular weight is 372 g/mol. The lowest BCUT2D eigenvalue weighted by Gasteiger charge is -2.18. The molecule has 144 valence electrons. The molecule has 0 radical (unpaired) electrons. The molecule has 1 aliphatic rings. The zero-order valence-corrected chi connectivity index (χ0v) is 15.9. The highest BCUT2D eigenvalue weighted by Crippen LogP contribution is 2.38. The Morgan fingerprint density at radius 3 is 2.67 bits per heavy atom. The fourth-order valence-corrected chi connectivity index (χ4v) is 3.51. The minimum atomic E-state index is -0.782. The van der Waals surface area contributed by atoms with Crippen molar-refractivity contribution < 1.29 is 23.8 Å². The molecule has 1 atom stereocenters. The largest absolute Gasteiger partial charge is 0.489 e. The number of halogens is 1. The van der Waals surface area contributed by atoms with E-state index in [2.05, 4.69) is 0 Å². The third kappa shape index (κ3) is 5.00. The van der Waals surface area contributed by atoms with E-state index in [1.54, 1.807) is 0 Å². The number of carboxylic acid groups (broad SMARTS) is 1. The van der Waals surface area contributed by atoms with Gasteiger partial charge in [0.25, 0.3) is 0 Å². The molecular formula is C22H25FO4. The normalized spacial score (nSPS) is 15.7. The van der Waals surface area contributed by atoms with Crippen LogP contribution in [0.3, 0.4) is 0 Å². The van der Waals surface area contributed by atoms with E-state index < -0.39 is 5.97 Å². The molecular weight excluding hydrogens is 347 g/mol. The molecule has 4 nitrogen and oxygen atoms in total. The van der Waals surface area contributed by atoms with Crippen molar-refractivity contribution in [3.8, 4) is 11.5 Å². The molecule has 1 heterocycles. The van der Waals surface area contributed by atoms with Gasteiger partial charge in [0.05, 0.1) is 0 Å². The predicted molar refractivity (Wildman–Crippen MR) is 101 cm³/mol. The third-order valence-corrected chi connectivity index (χ3v) is 4.63. The van der Waals surface area contributed by atoms with E-state index in [0.29, 0.717) is 24.2 Å². The van der Waals surface area contributed by atoms with Gasteiger partial charge < -0.3 is 14.6 Å². The van der Waals surface area contributed by atoms with Crippen molar-refractivity contribution in [2.75, 3.05) is 0 Å². The Kier molecular flexibility index (Phi) is 5.40. The molecule has 0 spiro atoms. The Labute approximate surface area is 158 Å². The predicted octanol–water partition coefficient (Wildman–Crippen LogP) is 4.77. The van der Waals surface area contributed by atoms with Crippen molar-refractivity contribution in [1.82, 2.24) is 0 Å². The van der Waals surface area contributed by atoms with Gasteiger partial charge in [-0.1, -0.05) is 19.1 Å². The van der Waals surface area contributed by atoms with Crippen molar-refractivity contribution in [3.63, 3.8) is 0 Å². The summed E-state index contributed by atoms with van der Waals surface area (Å²) in [7, 11) is 0. The van der Waals surface area contributed by atoms with Gasteiger partial charge in [0.2, 0.25) is 0 Å². The van der Waals surface area contributed by atoms with Crippen LogP contribution in [0, 0.1) is 11.7 Å². The molecule has 0 bridgehead atoms. The summed E-state index contributed by atoms with van der Waals surface area (Å²) >= 11 is 0. The number of ether oxygens (including phenoxy) is 2. The Morgan fingerprint density at radius 2 is 2.00 bits per heavy atom.